The third-order valence-electron chi connectivity index (χ3n) is 4.50. The molecule has 2 aromatic rings. The number of piperazine rings is 1. The number of aryl methyl sites for hydroxylation is 1. The summed E-state index contributed by atoms with van der Waals surface area (Å²) in [6.45, 7) is 11.8. The number of nitrogens with zero attached hydrogens (tertiary/aromatic N) is 4. The first kappa shape index (κ1) is 16.9. The van der Waals surface area contributed by atoms with E-state index in [9.17, 15) is 0 Å². The summed E-state index contributed by atoms with van der Waals surface area (Å²) in [5.41, 5.74) is 1.33. The summed E-state index contributed by atoms with van der Waals surface area (Å²) < 4.78 is 10.8. The van der Waals surface area contributed by atoms with E-state index in [1.807, 2.05) is 13.8 Å². The molecule has 6 heteroatoms. The van der Waals surface area contributed by atoms with Crippen LogP contribution in [-0.4, -0.2) is 52.7 Å². The van der Waals surface area contributed by atoms with E-state index >= 15 is 0 Å². The number of aromatic nitrogens is 2. The minimum absolute atomic E-state index is 0.179. The van der Waals surface area contributed by atoms with Crippen LogP contribution in [0.15, 0.2) is 28.8 Å². The summed E-state index contributed by atoms with van der Waals surface area (Å²) in [5.74, 6) is 2.35. The van der Waals surface area contributed by atoms with Crippen LogP contribution in [0.25, 0.3) is 0 Å². The first-order valence-electron chi connectivity index (χ1n) is 8.64. The largest absolute Gasteiger partial charge is 0.494 e. The molecule has 0 amide bonds. The van der Waals surface area contributed by atoms with Crippen molar-refractivity contribution in [3.05, 3.63) is 41.5 Å². The second kappa shape index (κ2) is 7.77. The number of hydrogen-bond donors (Lipinski definition) is 0. The molecule has 3 rings (SSSR count). The van der Waals surface area contributed by atoms with Gasteiger partial charge in [0, 0.05) is 32.7 Å². The molecule has 1 aliphatic rings. The molecule has 6 nitrogen and oxygen atoms in total. The normalized spacial score (nSPS) is 17.8. The number of benzene rings is 1. The standard InChI is InChI=1S/C18H26N4O2/c1-4-23-17-7-5-16(6-8-17)13-21-9-11-22(12-10-21)14(2)18-19-15(3)20-24-18/h5-8,14H,4,9-13H2,1-3H3. The van der Waals surface area contributed by atoms with Gasteiger partial charge in [-0.1, -0.05) is 17.3 Å². The summed E-state index contributed by atoms with van der Waals surface area (Å²) in [7, 11) is 0. The molecule has 0 radical (unpaired) electrons. The lowest BCUT2D eigenvalue weighted by Gasteiger charge is -2.36. The summed E-state index contributed by atoms with van der Waals surface area (Å²) >= 11 is 0. The zero-order chi connectivity index (χ0) is 16.9. The van der Waals surface area contributed by atoms with Crippen molar-refractivity contribution in [2.75, 3.05) is 32.8 Å². The molecule has 2 heterocycles. The number of rotatable bonds is 6. The maximum absolute atomic E-state index is 5.49. The fraction of sp³-hybridized carbons (Fsp3) is 0.556. The van der Waals surface area contributed by atoms with Crippen molar-refractivity contribution in [3.8, 4) is 5.75 Å². The molecule has 24 heavy (non-hydrogen) atoms. The Balaban J connectivity index is 1.49. The highest BCUT2D eigenvalue weighted by Gasteiger charge is 2.25. The molecule has 1 atom stereocenters. The Hall–Kier alpha value is -1.92. The van der Waals surface area contributed by atoms with Gasteiger partial charge in [0.25, 0.3) is 0 Å². The van der Waals surface area contributed by atoms with E-state index in [0.29, 0.717) is 18.3 Å². The molecule has 1 aromatic carbocycles. The lowest BCUT2D eigenvalue weighted by molar-refractivity contribution is 0.0845. The summed E-state index contributed by atoms with van der Waals surface area (Å²) in [4.78, 5) is 9.24. The molecule has 1 fully saturated rings. The summed E-state index contributed by atoms with van der Waals surface area (Å²) in [5, 5.41) is 3.89. The molecule has 1 saturated heterocycles. The van der Waals surface area contributed by atoms with Crippen molar-refractivity contribution < 1.29 is 9.26 Å². The number of ether oxygens (including phenoxy) is 1. The Morgan fingerprint density at radius 3 is 2.46 bits per heavy atom. The average Bonchev–Trinajstić information content (AvgIpc) is 3.03. The quantitative estimate of drug-likeness (QED) is 0.812. The highest BCUT2D eigenvalue weighted by atomic mass is 16.5. The first-order chi connectivity index (χ1) is 11.7. The van der Waals surface area contributed by atoms with Crippen LogP contribution < -0.4 is 4.74 Å². The number of hydrogen-bond acceptors (Lipinski definition) is 6. The van der Waals surface area contributed by atoms with Crippen molar-refractivity contribution in [2.45, 2.75) is 33.4 Å². The first-order valence-corrected chi connectivity index (χ1v) is 8.64. The Labute approximate surface area is 143 Å². The van der Waals surface area contributed by atoms with Crippen molar-refractivity contribution in [1.82, 2.24) is 19.9 Å². The van der Waals surface area contributed by atoms with Crippen molar-refractivity contribution in [3.63, 3.8) is 0 Å². The fourth-order valence-electron chi connectivity index (χ4n) is 3.06. The van der Waals surface area contributed by atoms with Gasteiger partial charge in [0.05, 0.1) is 12.6 Å². The second-order valence-electron chi connectivity index (χ2n) is 6.24. The van der Waals surface area contributed by atoms with Crippen LogP contribution in [0, 0.1) is 6.92 Å². The zero-order valence-electron chi connectivity index (χ0n) is 14.7. The maximum Gasteiger partial charge on any atom is 0.243 e. The SMILES string of the molecule is CCOc1ccc(CN2CCN(C(C)c3nc(C)no3)CC2)cc1. The van der Waals surface area contributed by atoms with Crippen LogP contribution in [0.2, 0.25) is 0 Å². The van der Waals surface area contributed by atoms with Crippen LogP contribution >= 0.6 is 0 Å². The van der Waals surface area contributed by atoms with Gasteiger partial charge >= 0.3 is 0 Å². The van der Waals surface area contributed by atoms with Crippen LogP contribution in [0.4, 0.5) is 0 Å². The van der Waals surface area contributed by atoms with Gasteiger partial charge in [-0.15, -0.1) is 0 Å². The van der Waals surface area contributed by atoms with E-state index in [2.05, 4.69) is 51.1 Å². The van der Waals surface area contributed by atoms with Gasteiger partial charge in [0.1, 0.15) is 5.75 Å². The van der Waals surface area contributed by atoms with Gasteiger partial charge in [-0.05, 0) is 38.5 Å². The van der Waals surface area contributed by atoms with Gasteiger partial charge < -0.3 is 9.26 Å². The van der Waals surface area contributed by atoms with Gasteiger partial charge in [0.2, 0.25) is 5.89 Å². The van der Waals surface area contributed by atoms with Gasteiger partial charge in [-0.25, -0.2) is 0 Å². The predicted octanol–water partition coefficient (Wildman–Crippen LogP) is 2.66. The summed E-state index contributed by atoms with van der Waals surface area (Å²) in [6.07, 6.45) is 0. The summed E-state index contributed by atoms with van der Waals surface area (Å²) in [6, 6.07) is 8.59. The molecular weight excluding hydrogens is 304 g/mol. The van der Waals surface area contributed by atoms with E-state index in [1.165, 1.54) is 5.56 Å². The minimum Gasteiger partial charge on any atom is -0.494 e. The zero-order valence-corrected chi connectivity index (χ0v) is 14.7. The van der Waals surface area contributed by atoms with E-state index in [0.717, 1.165) is 38.5 Å². The molecule has 130 valence electrons. The molecular formula is C18H26N4O2. The molecule has 0 saturated carbocycles. The smallest absolute Gasteiger partial charge is 0.243 e. The predicted molar refractivity (Wildman–Crippen MR) is 91.9 cm³/mol. The van der Waals surface area contributed by atoms with Gasteiger partial charge in [0.15, 0.2) is 5.82 Å². The third kappa shape index (κ3) is 4.13. The van der Waals surface area contributed by atoms with Crippen molar-refractivity contribution in [1.29, 1.82) is 0 Å². The van der Waals surface area contributed by atoms with Gasteiger partial charge in [-0.2, -0.15) is 4.98 Å². The van der Waals surface area contributed by atoms with E-state index in [-0.39, 0.29) is 6.04 Å². The van der Waals surface area contributed by atoms with Crippen LogP contribution in [0.5, 0.6) is 5.75 Å². The molecule has 0 bridgehead atoms. The molecule has 1 aromatic heterocycles. The van der Waals surface area contributed by atoms with Crippen LogP contribution in [0.3, 0.4) is 0 Å². The van der Waals surface area contributed by atoms with Crippen molar-refractivity contribution in [2.24, 2.45) is 0 Å². The molecule has 0 aliphatic carbocycles. The van der Waals surface area contributed by atoms with E-state index in [4.69, 9.17) is 9.26 Å². The monoisotopic (exact) mass is 330 g/mol. The van der Waals surface area contributed by atoms with E-state index in [1.54, 1.807) is 0 Å². The Bertz CT molecular complexity index is 633. The topological polar surface area (TPSA) is 54.6 Å². The lowest BCUT2D eigenvalue weighted by atomic mass is 10.1. The van der Waals surface area contributed by atoms with Gasteiger partial charge in [-0.3, -0.25) is 9.80 Å². The highest BCUT2D eigenvalue weighted by molar-refractivity contribution is 5.27. The van der Waals surface area contributed by atoms with E-state index < -0.39 is 0 Å². The van der Waals surface area contributed by atoms with Crippen LogP contribution in [0.1, 0.15) is 37.2 Å². The molecule has 0 spiro atoms. The third-order valence-corrected chi connectivity index (χ3v) is 4.50. The lowest BCUT2D eigenvalue weighted by Crippen LogP contribution is -2.46. The second-order valence-corrected chi connectivity index (χ2v) is 6.24. The minimum atomic E-state index is 0.179. The molecule has 0 N–H and O–H groups in total. The fourth-order valence-corrected chi connectivity index (χ4v) is 3.06. The Morgan fingerprint density at radius 2 is 1.88 bits per heavy atom. The Kier molecular flexibility index (Phi) is 5.48. The van der Waals surface area contributed by atoms with Crippen molar-refractivity contribution >= 4 is 0 Å². The molecule has 1 aliphatic heterocycles. The molecule has 1 unspecified atom stereocenters. The maximum atomic E-state index is 5.49. The highest BCUT2D eigenvalue weighted by Crippen LogP contribution is 2.21. The average molecular weight is 330 g/mol. The van der Waals surface area contributed by atoms with Crippen LogP contribution in [-0.2, 0) is 6.54 Å². The Morgan fingerprint density at radius 1 is 1.17 bits per heavy atom.